The van der Waals surface area contributed by atoms with Gasteiger partial charge in [0.25, 0.3) is 0 Å². The highest BCUT2D eigenvalue weighted by Gasteiger charge is 2.31. The molecule has 126 valence electrons. The van der Waals surface area contributed by atoms with Gasteiger partial charge >= 0.3 is 8.25 Å². The normalized spacial score (nSPS) is 15.0. The third-order valence-electron chi connectivity index (χ3n) is 3.76. The van der Waals surface area contributed by atoms with Crippen LogP contribution >= 0.6 is 8.25 Å². The van der Waals surface area contributed by atoms with E-state index in [1.54, 1.807) is 13.8 Å². The molecular weight excluding hydrogens is 299 g/mol. The molecule has 1 aromatic rings. The van der Waals surface area contributed by atoms with Crippen LogP contribution < -0.4 is 0 Å². The van der Waals surface area contributed by atoms with E-state index in [0.29, 0.717) is 0 Å². The Hall–Kier alpha value is -0.830. The highest BCUT2D eigenvalue weighted by Crippen LogP contribution is 2.43. The molecule has 1 aromatic carbocycles. The lowest BCUT2D eigenvalue weighted by atomic mass is 9.77. The maximum absolute atomic E-state index is 11.1. The SMILES string of the molecule is CC(C)(C)c1cc(C(C)(C)O[PH](=O)O)cc(C(C)(C)C)c1O. The van der Waals surface area contributed by atoms with Gasteiger partial charge in [-0.15, -0.1) is 0 Å². The molecule has 0 saturated heterocycles. The molecule has 1 unspecified atom stereocenters. The van der Waals surface area contributed by atoms with Gasteiger partial charge in [0.05, 0.1) is 5.60 Å². The number of benzene rings is 1. The van der Waals surface area contributed by atoms with Crippen molar-refractivity contribution in [2.45, 2.75) is 71.8 Å². The molecule has 0 bridgehead atoms. The Kier molecular flexibility index (Phi) is 5.23. The molecular formula is C17H29O4P. The van der Waals surface area contributed by atoms with Crippen molar-refractivity contribution < 1.29 is 19.1 Å². The average Bonchev–Trinajstić information content (AvgIpc) is 2.23. The highest BCUT2D eigenvalue weighted by molar-refractivity contribution is 7.32. The van der Waals surface area contributed by atoms with Crippen molar-refractivity contribution in [2.75, 3.05) is 0 Å². The number of hydrogen-bond acceptors (Lipinski definition) is 3. The van der Waals surface area contributed by atoms with Crippen LogP contribution in [0.1, 0.15) is 72.1 Å². The van der Waals surface area contributed by atoms with Gasteiger partial charge in [-0.05, 0) is 53.5 Å². The van der Waals surface area contributed by atoms with E-state index in [0.717, 1.165) is 16.7 Å². The Balaban J connectivity index is 3.65. The zero-order chi connectivity index (χ0) is 17.5. The van der Waals surface area contributed by atoms with Crippen molar-refractivity contribution in [2.24, 2.45) is 0 Å². The molecule has 0 aliphatic heterocycles. The van der Waals surface area contributed by atoms with Gasteiger partial charge in [-0.25, -0.2) is 0 Å². The molecule has 22 heavy (non-hydrogen) atoms. The van der Waals surface area contributed by atoms with E-state index in [-0.39, 0.29) is 16.6 Å². The Labute approximate surface area is 134 Å². The molecule has 1 rings (SSSR count). The van der Waals surface area contributed by atoms with E-state index >= 15 is 0 Å². The minimum absolute atomic E-state index is 0.249. The van der Waals surface area contributed by atoms with Crippen LogP contribution in [0.5, 0.6) is 5.75 Å². The number of aromatic hydroxyl groups is 1. The monoisotopic (exact) mass is 328 g/mol. The average molecular weight is 328 g/mol. The molecule has 0 radical (unpaired) electrons. The summed E-state index contributed by atoms with van der Waals surface area (Å²) in [6, 6.07) is 3.74. The molecule has 4 nitrogen and oxygen atoms in total. The van der Waals surface area contributed by atoms with Crippen LogP contribution in [0.15, 0.2) is 12.1 Å². The summed E-state index contributed by atoms with van der Waals surface area (Å²) < 4.78 is 16.4. The van der Waals surface area contributed by atoms with Crippen LogP contribution in [-0.4, -0.2) is 10.00 Å². The van der Waals surface area contributed by atoms with Gasteiger partial charge in [0.1, 0.15) is 5.75 Å². The van der Waals surface area contributed by atoms with Crippen LogP contribution in [0.2, 0.25) is 0 Å². The van der Waals surface area contributed by atoms with Gasteiger partial charge in [-0.3, -0.25) is 9.09 Å². The fourth-order valence-corrected chi connectivity index (χ4v) is 2.96. The number of rotatable bonds is 3. The topological polar surface area (TPSA) is 66.8 Å². The standard InChI is InChI=1S/C17H29O4P/c1-15(2,3)12-9-11(17(7,8)21-22(19)20)10-13(14(12)18)16(4,5)6/h9-10,18,22H,1-8H3,(H,19,20). The fourth-order valence-electron chi connectivity index (χ4n) is 2.40. The quantitative estimate of drug-likeness (QED) is 0.795. The first-order chi connectivity index (χ1) is 9.66. The summed E-state index contributed by atoms with van der Waals surface area (Å²) >= 11 is 0. The minimum Gasteiger partial charge on any atom is -0.507 e. The van der Waals surface area contributed by atoms with E-state index in [2.05, 4.69) is 0 Å². The Morgan fingerprint density at radius 3 is 1.55 bits per heavy atom. The maximum Gasteiger partial charge on any atom is 0.317 e. The first-order valence-corrected chi connectivity index (χ1v) is 8.73. The van der Waals surface area contributed by atoms with E-state index in [1.165, 1.54) is 0 Å². The van der Waals surface area contributed by atoms with Gasteiger partial charge in [0.2, 0.25) is 0 Å². The van der Waals surface area contributed by atoms with Gasteiger partial charge in [0, 0.05) is 0 Å². The summed E-state index contributed by atoms with van der Waals surface area (Å²) in [6.45, 7) is 15.7. The molecule has 0 heterocycles. The first kappa shape index (κ1) is 19.2. The van der Waals surface area contributed by atoms with Gasteiger partial charge in [-0.1, -0.05) is 41.5 Å². The zero-order valence-electron chi connectivity index (χ0n) is 14.9. The molecule has 0 aliphatic carbocycles. The third kappa shape index (κ3) is 4.34. The van der Waals surface area contributed by atoms with E-state index in [1.807, 2.05) is 53.7 Å². The predicted molar refractivity (Wildman–Crippen MR) is 90.8 cm³/mol. The summed E-state index contributed by atoms with van der Waals surface area (Å²) in [5, 5.41) is 10.7. The van der Waals surface area contributed by atoms with Crippen molar-refractivity contribution in [3.8, 4) is 5.75 Å². The minimum atomic E-state index is -3.06. The molecule has 5 heteroatoms. The predicted octanol–water partition coefficient (Wildman–Crippen LogP) is 4.62. The first-order valence-electron chi connectivity index (χ1n) is 7.46. The Morgan fingerprint density at radius 2 is 1.27 bits per heavy atom. The van der Waals surface area contributed by atoms with Crippen LogP contribution in [-0.2, 0) is 25.5 Å². The number of phenols is 1. The number of hydrogen-bond donors (Lipinski definition) is 2. The highest BCUT2D eigenvalue weighted by atomic mass is 31.1. The molecule has 0 amide bonds. The van der Waals surface area contributed by atoms with E-state index < -0.39 is 13.9 Å². The molecule has 2 N–H and O–H groups in total. The summed E-state index contributed by atoms with van der Waals surface area (Å²) in [5.74, 6) is 0.288. The molecule has 0 aromatic heterocycles. The van der Waals surface area contributed by atoms with Crippen molar-refractivity contribution in [3.63, 3.8) is 0 Å². The lowest BCUT2D eigenvalue weighted by Crippen LogP contribution is -2.23. The molecule has 0 fully saturated rings. The smallest absolute Gasteiger partial charge is 0.317 e. The van der Waals surface area contributed by atoms with Crippen molar-refractivity contribution in [1.82, 2.24) is 0 Å². The van der Waals surface area contributed by atoms with Crippen molar-refractivity contribution in [1.29, 1.82) is 0 Å². The lowest BCUT2D eigenvalue weighted by molar-refractivity contribution is 0.102. The second-order valence-electron chi connectivity index (χ2n) is 8.30. The third-order valence-corrected chi connectivity index (χ3v) is 4.45. The van der Waals surface area contributed by atoms with Gasteiger partial charge < -0.3 is 10.00 Å². The maximum atomic E-state index is 11.1. The fraction of sp³-hybridized carbons (Fsp3) is 0.647. The van der Waals surface area contributed by atoms with Crippen LogP contribution in [0.4, 0.5) is 0 Å². The summed E-state index contributed by atoms with van der Waals surface area (Å²) in [7, 11) is -3.06. The van der Waals surface area contributed by atoms with Crippen LogP contribution in [0.3, 0.4) is 0 Å². The summed E-state index contributed by atoms with van der Waals surface area (Å²) in [4.78, 5) is 9.14. The molecule has 0 spiro atoms. The second kappa shape index (κ2) is 5.99. The molecule has 0 aliphatic rings. The molecule has 1 atom stereocenters. The van der Waals surface area contributed by atoms with Crippen molar-refractivity contribution in [3.05, 3.63) is 28.8 Å². The lowest BCUT2D eigenvalue weighted by Gasteiger charge is -2.32. The summed E-state index contributed by atoms with van der Waals surface area (Å²) in [5.41, 5.74) is 1.00. The van der Waals surface area contributed by atoms with Crippen LogP contribution in [0.25, 0.3) is 0 Å². The Bertz CT molecular complexity index is 542. The number of phenolic OH excluding ortho intramolecular Hbond substituents is 1. The molecule has 0 saturated carbocycles. The van der Waals surface area contributed by atoms with E-state index in [9.17, 15) is 9.67 Å². The van der Waals surface area contributed by atoms with E-state index in [4.69, 9.17) is 9.42 Å². The zero-order valence-corrected chi connectivity index (χ0v) is 15.9. The van der Waals surface area contributed by atoms with Crippen molar-refractivity contribution >= 4 is 8.25 Å². The van der Waals surface area contributed by atoms with Crippen LogP contribution in [0, 0.1) is 0 Å². The van der Waals surface area contributed by atoms with Gasteiger partial charge in [0.15, 0.2) is 0 Å². The van der Waals surface area contributed by atoms with Gasteiger partial charge in [-0.2, -0.15) is 0 Å². The Morgan fingerprint density at radius 1 is 0.909 bits per heavy atom. The largest absolute Gasteiger partial charge is 0.507 e. The summed E-state index contributed by atoms with van der Waals surface area (Å²) in [6.07, 6.45) is 0. The second-order valence-corrected chi connectivity index (χ2v) is 9.03.